The van der Waals surface area contributed by atoms with Gasteiger partial charge in [0, 0.05) is 0 Å². The van der Waals surface area contributed by atoms with Crippen LogP contribution in [0.1, 0.15) is 78.6 Å². The molecule has 2 radical (unpaired) electrons. The Morgan fingerprint density at radius 3 is 1.95 bits per heavy atom. The van der Waals surface area contributed by atoms with E-state index >= 15 is 0 Å². The van der Waals surface area contributed by atoms with Crippen molar-refractivity contribution in [1.82, 2.24) is 9.97 Å². The van der Waals surface area contributed by atoms with Gasteiger partial charge in [0.15, 0.2) is 0 Å². The van der Waals surface area contributed by atoms with E-state index in [2.05, 4.69) is 36.8 Å². The van der Waals surface area contributed by atoms with Gasteiger partial charge in [-0.05, 0) is 0 Å². The van der Waals surface area contributed by atoms with Crippen LogP contribution in [-0.2, 0) is 0 Å². The van der Waals surface area contributed by atoms with Gasteiger partial charge in [-0.25, -0.2) is 0 Å². The summed E-state index contributed by atoms with van der Waals surface area (Å²) >= 11 is 5.24. The first kappa shape index (κ1) is 19.2. The number of halogens is 1. The van der Waals surface area contributed by atoms with Crippen molar-refractivity contribution >= 4 is 36.5 Å². The zero-order valence-corrected chi connectivity index (χ0v) is 17.4. The quantitative estimate of drug-likeness (QED) is 0.367. The van der Waals surface area contributed by atoms with E-state index in [9.17, 15) is 0 Å². The van der Waals surface area contributed by atoms with Crippen molar-refractivity contribution in [3.63, 3.8) is 0 Å². The Morgan fingerprint density at radius 2 is 1.52 bits per heavy atom. The molecule has 0 atom stereocenters. The summed E-state index contributed by atoms with van der Waals surface area (Å²) in [5.41, 5.74) is 0. The van der Waals surface area contributed by atoms with Crippen molar-refractivity contribution in [2.75, 3.05) is 0 Å². The first-order valence-corrected chi connectivity index (χ1v) is 11.7. The molecule has 4 heteroatoms. The normalized spacial score (nSPS) is 11.8. The second kappa shape index (κ2) is 10.8. The molecular weight excluding hydrogens is 386 g/mol. The maximum atomic E-state index is 5.99. The van der Waals surface area contributed by atoms with Crippen LogP contribution in [0.15, 0.2) is 12.3 Å². The van der Waals surface area contributed by atoms with Gasteiger partial charge in [0.25, 0.3) is 0 Å². The molecule has 0 aliphatic carbocycles. The number of unbranched alkanes of at least 4 members (excludes halogenated alkanes) is 3. The minimum atomic E-state index is -0.752. The van der Waals surface area contributed by atoms with Gasteiger partial charge in [-0.15, -0.1) is 0 Å². The molecule has 0 aliphatic heterocycles. The second-order valence-corrected chi connectivity index (χ2v) is 11.5. The summed E-state index contributed by atoms with van der Waals surface area (Å²) in [4.78, 5) is 8.55. The van der Waals surface area contributed by atoms with Gasteiger partial charge in [0.05, 0.1) is 0 Å². The molecule has 1 heterocycles. The molecule has 118 valence electrons. The van der Waals surface area contributed by atoms with Crippen LogP contribution in [0.4, 0.5) is 0 Å². The summed E-state index contributed by atoms with van der Waals surface area (Å²) in [6.45, 7) is 6.91. The molecule has 0 aromatic carbocycles. The van der Waals surface area contributed by atoms with Crippen molar-refractivity contribution < 1.29 is 0 Å². The Bertz CT molecular complexity index is 376. The van der Waals surface area contributed by atoms with E-state index in [4.69, 9.17) is 11.6 Å². The molecule has 0 saturated carbocycles. The summed E-state index contributed by atoms with van der Waals surface area (Å²) in [5.74, 6) is 0. The first-order chi connectivity index (χ1) is 10.2. The van der Waals surface area contributed by atoms with Crippen LogP contribution < -0.4 is 3.71 Å². The van der Waals surface area contributed by atoms with E-state index in [0.717, 1.165) is 0 Å². The van der Waals surface area contributed by atoms with Gasteiger partial charge in [-0.3, -0.25) is 0 Å². The van der Waals surface area contributed by atoms with Gasteiger partial charge >= 0.3 is 146 Å². The van der Waals surface area contributed by atoms with Gasteiger partial charge in [-0.1, -0.05) is 0 Å². The molecule has 0 bridgehead atoms. The van der Waals surface area contributed by atoms with Crippen LogP contribution in [0.2, 0.25) is 8.71 Å². The summed E-state index contributed by atoms with van der Waals surface area (Å²) < 4.78 is 1.85. The molecule has 1 rings (SSSR count). The number of aromatic nitrogens is 2. The van der Waals surface area contributed by atoms with Crippen LogP contribution in [0.3, 0.4) is 0 Å². The van der Waals surface area contributed by atoms with E-state index in [0.29, 0.717) is 8.71 Å². The fraction of sp³-hybridized carbons (Fsp3) is 0.765. The van der Waals surface area contributed by atoms with Crippen molar-refractivity contribution in [2.45, 2.75) is 82.0 Å². The number of hydrogen-bond donors (Lipinski definition) is 0. The van der Waals surface area contributed by atoms with Gasteiger partial charge in [-0.2, -0.15) is 0 Å². The summed E-state index contributed by atoms with van der Waals surface area (Å²) in [6, 6.07) is 2.11. The SMILES string of the molecule is CCCC[C](CCCC)(CCCC)[Sn][c]1ccnc(Cl)n1. The maximum absolute atomic E-state index is 5.99. The Labute approximate surface area is 145 Å². The monoisotopic (exact) mass is 416 g/mol. The molecule has 0 amide bonds. The van der Waals surface area contributed by atoms with Crippen LogP contribution >= 0.6 is 11.6 Å². The van der Waals surface area contributed by atoms with Gasteiger partial charge in [0.1, 0.15) is 0 Å². The molecule has 0 spiro atoms. The van der Waals surface area contributed by atoms with Crippen molar-refractivity contribution in [3.05, 3.63) is 17.5 Å². The van der Waals surface area contributed by atoms with E-state index < -0.39 is 21.1 Å². The summed E-state index contributed by atoms with van der Waals surface area (Å²) in [5, 5.41) is 0.420. The average molecular weight is 416 g/mol. The first-order valence-electron chi connectivity index (χ1n) is 8.42. The summed E-state index contributed by atoms with van der Waals surface area (Å²) in [7, 11) is 0. The standard InChI is InChI=1S/C13H27.C4H2ClN2.Sn/c1-4-7-10-13(11-8-5-2)12-9-6-3;5-4-6-2-1-3-7-4;/h4-12H2,1-3H3;1-2H;. The Kier molecular flexibility index (Phi) is 9.90. The fourth-order valence-corrected chi connectivity index (χ4v) is 8.18. The number of nitrogens with zero attached hydrogens (tertiary/aromatic N) is 2. The Balaban J connectivity index is 2.88. The molecule has 2 nitrogen and oxygen atoms in total. The van der Waals surface area contributed by atoms with E-state index in [-0.39, 0.29) is 0 Å². The van der Waals surface area contributed by atoms with Gasteiger partial charge in [0.2, 0.25) is 0 Å². The molecule has 1 aromatic heterocycles. The second-order valence-electron chi connectivity index (χ2n) is 5.93. The number of rotatable bonds is 11. The van der Waals surface area contributed by atoms with Crippen molar-refractivity contribution in [1.29, 1.82) is 0 Å². The third-order valence-electron chi connectivity index (χ3n) is 4.05. The fourth-order valence-electron chi connectivity index (χ4n) is 2.78. The van der Waals surface area contributed by atoms with Crippen LogP contribution in [0.5, 0.6) is 0 Å². The van der Waals surface area contributed by atoms with E-state index in [1.807, 2.05) is 6.20 Å². The molecule has 0 fully saturated rings. The average Bonchev–Trinajstić information content (AvgIpc) is 2.48. The van der Waals surface area contributed by atoms with Gasteiger partial charge < -0.3 is 0 Å². The topological polar surface area (TPSA) is 25.8 Å². The minimum absolute atomic E-state index is 0.420. The zero-order valence-electron chi connectivity index (χ0n) is 13.8. The van der Waals surface area contributed by atoms with Crippen LogP contribution in [-0.4, -0.2) is 31.1 Å². The van der Waals surface area contributed by atoms with Crippen molar-refractivity contribution in [3.8, 4) is 0 Å². The molecule has 21 heavy (non-hydrogen) atoms. The van der Waals surface area contributed by atoms with E-state index in [1.54, 1.807) is 0 Å². The van der Waals surface area contributed by atoms with Crippen LogP contribution in [0.25, 0.3) is 0 Å². The molecule has 0 saturated heterocycles. The molecule has 0 unspecified atom stereocenters. The Hall–Kier alpha value is 0.169. The van der Waals surface area contributed by atoms with E-state index in [1.165, 1.54) is 61.5 Å². The zero-order chi connectivity index (χ0) is 15.6. The third kappa shape index (κ3) is 7.31. The molecule has 1 aromatic rings. The number of hydrogen-bond acceptors (Lipinski definition) is 2. The molecular formula is C17H29ClN2Sn. The van der Waals surface area contributed by atoms with Crippen LogP contribution in [0, 0.1) is 0 Å². The van der Waals surface area contributed by atoms with Crippen molar-refractivity contribution in [2.24, 2.45) is 0 Å². The predicted octanol–water partition coefficient (Wildman–Crippen LogP) is 5.19. The molecule has 0 N–H and O–H groups in total. The third-order valence-corrected chi connectivity index (χ3v) is 9.41. The summed E-state index contributed by atoms with van der Waals surface area (Å²) in [6.07, 6.45) is 13.9. The Morgan fingerprint density at radius 1 is 1.00 bits per heavy atom. The predicted molar refractivity (Wildman–Crippen MR) is 93.7 cm³/mol. The molecule has 0 aliphatic rings.